The third-order valence-electron chi connectivity index (χ3n) is 2.49. The van der Waals surface area contributed by atoms with Crippen molar-refractivity contribution in [3.63, 3.8) is 0 Å². The summed E-state index contributed by atoms with van der Waals surface area (Å²) in [5.74, 6) is -1.78. The molecule has 0 saturated heterocycles. The molecule has 0 saturated carbocycles. The zero-order valence-electron chi connectivity index (χ0n) is 9.22. The molecule has 0 bridgehead atoms. The minimum absolute atomic E-state index is 0.102. The number of carboxylic acid groups (broad SMARTS) is 1. The molecule has 0 radical (unpaired) electrons. The van der Waals surface area contributed by atoms with Crippen molar-refractivity contribution in [2.75, 3.05) is 0 Å². The summed E-state index contributed by atoms with van der Waals surface area (Å²) in [5, 5.41) is 17.5. The monoisotopic (exact) mass is 241 g/mol. The number of rotatable bonds is 2. The van der Waals surface area contributed by atoms with Crippen molar-refractivity contribution in [1.29, 1.82) is 5.26 Å². The largest absolute Gasteiger partial charge is 0.478 e. The molecule has 18 heavy (non-hydrogen) atoms. The average molecular weight is 241 g/mol. The zero-order chi connectivity index (χ0) is 13.1. The first-order valence-corrected chi connectivity index (χ1v) is 5.14. The lowest BCUT2D eigenvalue weighted by Gasteiger charge is -2.04. The molecule has 3 nitrogen and oxygen atoms in total. The van der Waals surface area contributed by atoms with E-state index in [1.165, 1.54) is 12.1 Å². The zero-order valence-corrected chi connectivity index (χ0v) is 9.22. The minimum Gasteiger partial charge on any atom is -0.478 e. The van der Waals surface area contributed by atoms with E-state index in [0.29, 0.717) is 16.7 Å². The van der Waals surface area contributed by atoms with Gasteiger partial charge in [-0.3, -0.25) is 0 Å². The van der Waals surface area contributed by atoms with E-state index in [0.717, 1.165) is 6.07 Å². The van der Waals surface area contributed by atoms with Crippen LogP contribution in [-0.4, -0.2) is 11.1 Å². The number of nitrogens with zero attached hydrogens (tertiary/aromatic N) is 1. The van der Waals surface area contributed by atoms with Crippen LogP contribution in [0.5, 0.6) is 0 Å². The number of halogens is 1. The van der Waals surface area contributed by atoms with E-state index in [2.05, 4.69) is 0 Å². The third-order valence-corrected chi connectivity index (χ3v) is 2.49. The Hall–Kier alpha value is -2.67. The first-order chi connectivity index (χ1) is 8.60. The van der Waals surface area contributed by atoms with Crippen LogP contribution >= 0.6 is 0 Å². The molecule has 2 aromatic rings. The Bertz CT molecular complexity index is 642. The molecule has 0 heterocycles. The van der Waals surface area contributed by atoms with Crippen molar-refractivity contribution in [3.8, 4) is 17.2 Å². The van der Waals surface area contributed by atoms with Crippen LogP contribution in [-0.2, 0) is 0 Å². The van der Waals surface area contributed by atoms with Gasteiger partial charge in [0.25, 0.3) is 0 Å². The van der Waals surface area contributed by atoms with Crippen LogP contribution in [0.4, 0.5) is 4.39 Å². The molecule has 0 spiro atoms. The first kappa shape index (κ1) is 11.8. The van der Waals surface area contributed by atoms with Gasteiger partial charge >= 0.3 is 5.97 Å². The molecule has 2 aromatic carbocycles. The fourth-order valence-corrected chi connectivity index (χ4v) is 1.62. The van der Waals surface area contributed by atoms with Gasteiger partial charge in [0.1, 0.15) is 5.82 Å². The second kappa shape index (κ2) is 4.68. The number of carboxylic acids is 1. The number of hydrogen-bond donors (Lipinski definition) is 1. The highest BCUT2D eigenvalue weighted by atomic mass is 19.1. The van der Waals surface area contributed by atoms with E-state index in [4.69, 9.17) is 10.4 Å². The highest BCUT2D eigenvalue weighted by molar-refractivity contribution is 5.89. The maximum Gasteiger partial charge on any atom is 0.335 e. The molecule has 2 rings (SSSR count). The van der Waals surface area contributed by atoms with Crippen molar-refractivity contribution in [2.45, 2.75) is 0 Å². The van der Waals surface area contributed by atoms with Gasteiger partial charge < -0.3 is 5.11 Å². The topological polar surface area (TPSA) is 61.1 Å². The Morgan fingerprint density at radius 2 is 1.78 bits per heavy atom. The van der Waals surface area contributed by atoms with Gasteiger partial charge in [0.05, 0.1) is 17.2 Å². The van der Waals surface area contributed by atoms with Gasteiger partial charge in [-0.05, 0) is 41.5 Å². The fourth-order valence-electron chi connectivity index (χ4n) is 1.62. The van der Waals surface area contributed by atoms with Gasteiger partial charge in [-0.2, -0.15) is 5.26 Å². The van der Waals surface area contributed by atoms with Crippen LogP contribution < -0.4 is 0 Å². The Kier molecular flexibility index (Phi) is 3.07. The van der Waals surface area contributed by atoms with E-state index < -0.39 is 11.8 Å². The van der Waals surface area contributed by atoms with Gasteiger partial charge in [-0.1, -0.05) is 12.1 Å². The summed E-state index contributed by atoms with van der Waals surface area (Å²) in [6, 6.07) is 12.1. The van der Waals surface area contributed by atoms with Crippen LogP contribution in [0.3, 0.4) is 0 Å². The molecule has 4 heteroatoms. The Labute approximate surface area is 103 Å². The molecule has 0 aliphatic heterocycles. The van der Waals surface area contributed by atoms with Crippen molar-refractivity contribution in [1.82, 2.24) is 0 Å². The van der Waals surface area contributed by atoms with E-state index in [-0.39, 0.29) is 5.56 Å². The lowest BCUT2D eigenvalue weighted by Crippen LogP contribution is -1.97. The quantitative estimate of drug-likeness (QED) is 0.878. The van der Waals surface area contributed by atoms with E-state index in [9.17, 15) is 9.18 Å². The lowest BCUT2D eigenvalue weighted by atomic mass is 10.0. The van der Waals surface area contributed by atoms with Crippen molar-refractivity contribution >= 4 is 5.97 Å². The number of carbonyl (C=O) groups is 1. The second-order valence-electron chi connectivity index (χ2n) is 3.72. The molecule has 1 N–H and O–H groups in total. The van der Waals surface area contributed by atoms with Gasteiger partial charge in [0, 0.05) is 0 Å². The summed E-state index contributed by atoms with van der Waals surface area (Å²) in [6.07, 6.45) is 0. The maximum absolute atomic E-state index is 13.3. The lowest BCUT2D eigenvalue weighted by molar-refractivity contribution is 0.0696. The average Bonchev–Trinajstić information content (AvgIpc) is 2.38. The fraction of sp³-hybridized carbons (Fsp3) is 0. The first-order valence-electron chi connectivity index (χ1n) is 5.14. The predicted molar refractivity (Wildman–Crippen MR) is 63.5 cm³/mol. The number of hydrogen-bond acceptors (Lipinski definition) is 2. The van der Waals surface area contributed by atoms with E-state index in [1.54, 1.807) is 24.3 Å². The van der Waals surface area contributed by atoms with E-state index >= 15 is 0 Å². The van der Waals surface area contributed by atoms with Gasteiger partial charge in [0.15, 0.2) is 0 Å². The summed E-state index contributed by atoms with van der Waals surface area (Å²) in [7, 11) is 0. The standard InChI is InChI=1S/C14H8FNO2/c15-13-6-11(5-12(7-13)14(17)18)10-3-1-9(8-16)2-4-10/h1-7H,(H,17,18). The summed E-state index contributed by atoms with van der Waals surface area (Å²) >= 11 is 0. The van der Waals surface area contributed by atoms with Gasteiger partial charge in [-0.25, -0.2) is 9.18 Å². The molecule has 0 amide bonds. The molecule has 0 aliphatic carbocycles. The highest BCUT2D eigenvalue weighted by Gasteiger charge is 2.08. The van der Waals surface area contributed by atoms with Crippen LogP contribution in [0, 0.1) is 17.1 Å². The van der Waals surface area contributed by atoms with Gasteiger partial charge in [-0.15, -0.1) is 0 Å². The molecule has 0 fully saturated rings. The maximum atomic E-state index is 13.3. The van der Waals surface area contributed by atoms with Crippen LogP contribution in [0.2, 0.25) is 0 Å². The smallest absolute Gasteiger partial charge is 0.335 e. The summed E-state index contributed by atoms with van der Waals surface area (Å²) < 4.78 is 13.3. The van der Waals surface area contributed by atoms with Gasteiger partial charge in [0.2, 0.25) is 0 Å². The Morgan fingerprint density at radius 1 is 1.11 bits per heavy atom. The normalized spacial score (nSPS) is 9.78. The van der Waals surface area contributed by atoms with Crippen molar-refractivity contribution in [2.24, 2.45) is 0 Å². The summed E-state index contributed by atoms with van der Waals surface area (Å²) in [6.45, 7) is 0. The van der Waals surface area contributed by atoms with Crippen molar-refractivity contribution in [3.05, 3.63) is 59.4 Å². The number of nitriles is 1. The SMILES string of the molecule is N#Cc1ccc(-c2cc(F)cc(C(=O)O)c2)cc1. The van der Waals surface area contributed by atoms with Crippen molar-refractivity contribution < 1.29 is 14.3 Å². The number of benzene rings is 2. The van der Waals surface area contributed by atoms with Crippen LogP contribution in [0.15, 0.2) is 42.5 Å². The van der Waals surface area contributed by atoms with Crippen LogP contribution in [0.1, 0.15) is 15.9 Å². The third kappa shape index (κ3) is 2.36. The summed E-state index contributed by atoms with van der Waals surface area (Å²) in [4.78, 5) is 10.8. The molecule has 0 unspecified atom stereocenters. The van der Waals surface area contributed by atoms with E-state index in [1.807, 2.05) is 6.07 Å². The molecule has 0 atom stereocenters. The molecular weight excluding hydrogens is 233 g/mol. The molecule has 0 aliphatic rings. The molecular formula is C14H8FNO2. The van der Waals surface area contributed by atoms with Crippen LogP contribution in [0.25, 0.3) is 11.1 Å². The Morgan fingerprint density at radius 3 is 2.33 bits per heavy atom. The minimum atomic E-state index is -1.18. The number of aromatic carboxylic acids is 1. The Balaban J connectivity index is 2.50. The highest BCUT2D eigenvalue weighted by Crippen LogP contribution is 2.22. The molecule has 0 aromatic heterocycles. The molecule has 88 valence electrons. The summed E-state index contributed by atoms with van der Waals surface area (Å²) in [5.41, 5.74) is 1.52. The predicted octanol–water partition coefficient (Wildman–Crippen LogP) is 3.06. The second-order valence-corrected chi connectivity index (χ2v) is 3.72.